The molecular formula is C15H12FNO4. The molecule has 0 radical (unpaired) electrons. The van der Waals surface area contributed by atoms with Gasteiger partial charge in [-0.2, -0.15) is 0 Å². The molecule has 0 atom stereocenters. The summed E-state index contributed by atoms with van der Waals surface area (Å²) in [6.07, 6.45) is -0.266. The average Bonchev–Trinajstić information content (AvgIpc) is 2.43. The number of carbonyl (C=O) groups excluding carboxylic acids is 1. The van der Waals surface area contributed by atoms with Gasteiger partial charge in [-0.25, -0.2) is 9.18 Å². The quantitative estimate of drug-likeness (QED) is 0.806. The van der Waals surface area contributed by atoms with Crippen molar-refractivity contribution in [2.24, 2.45) is 0 Å². The second-order valence-corrected chi connectivity index (χ2v) is 4.35. The number of hydrogen-bond acceptors (Lipinski definition) is 3. The lowest BCUT2D eigenvalue weighted by molar-refractivity contribution is -0.115. The van der Waals surface area contributed by atoms with E-state index in [4.69, 9.17) is 5.11 Å². The molecule has 2 rings (SSSR count). The highest BCUT2D eigenvalue weighted by Crippen LogP contribution is 2.20. The summed E-state index contributed by atoms with van der Waals surface area (Å²) in [6, 6.07) is 9.22. The molecular weight excluding hydrogens is 277 g/mol. The Labute approximate surface area is 119 Å². The van der Waals surface area contributed by atoms with E-state index in [2.05, 4.69) is 5.32 Å². The number of phenols is 1. The second-order valence-electron chi connectivity index (χ2n) is 4.35. The van der Waals surface area contributed by atoms with Gasteiger partial charge in [0.2, 0.25) is 5.91 Å². The predicted octanol–water partition coefficient (Wildman–Crippen LogP) is 2.41. The van der Waals surface area contributed by atoms with E-state index in [0.29, 0.717) is 0 Å². The Kier molecular flexibility index (Phi) is 4.18. The fourth-order valence-electron chi connectivity index (χ4n) is 1.84. The molecule has 0 spiro atoms. The number of carboxylic acid groups (broad SMARTS) is 1. The summed E-state index contributed by atoms with van der Waals surface area (Å²) < 4.78 is 13.1. The zero-order chi connectivity index (χ0) is 15.4. The summed E-state index contributed by atoms with van der Waals surface area (Å²) in [5.41, 5.74) is 0.223. The van der Waals surface area contributed by atoms with Gasteiger partial charge < -0.3 is 15.5 Å². The summed E-state index contributed by atoms with van der Waals surface area (Å²) in [5, 5.41) is 21.0. The van der Waals surface area contributed by atoms with E-state index >= 15 is 0 Å². The highest BCUT2D eigenvalue weighted by molar-refractivity contribution is 6.01. The van der Waals surface area contributed by atoms with Crippen LogP contribution in [0.3, 0.4) is 0 Å². The van der Waals surface area contributed by atoms with Crippen LogP contribution in [0.5, 0.6) is 5.75 Å². The SMILES string of the molecule is O=C(Cc1cc(F)ccc1O)Nc1ccccc1C(=O)O. The maximum atomic E-state index is 13.1. The van der Waals surface area contributed by atoms with Crippen molar-refractivity contribution in [3.05, 3.63) is 59.4 Å². The molecule has 0 aliphatic heterocycles. The van der Waals surface area contributed by atoms with E-state index in [0.717, 1.165) is 18.2 Å². The van der Waals surface area contributed by atoms with Crippen LogP contribution >= 0.6 is 0 Å². The molecule has 0 saturated carbocycles. The molecule has 0 fully saturated rings. The standard InChI is InChI=1S/C15H12FNO4/c16-10-5-6-13(18)9(7-10)8-14(19)17-12-4-2-1-3-11(12)15(20)21/h1-7,18H,8H2,(H,17,19)(H,20,21). The van der Waals surface area contributed by atoms with E-state index < -0.39 is 17.7 Å². The fourth-order valence-corrected chi connectivity index (χ4v) is 1.84. The van der Waals surface area contributed by atoms with Gasteiger partial charge in [0.25, 0.3) is 0 Å². The monoisotopic (exact) mass is 289 g/mol. The number of anilines is 1. The molecule has 0 bridgehead atoms. The minimum Gasteiger partial charge on any atom is -0.508 e. The first kappa shape index (κ1) is 14.5. The van der Waals surface area contributed by atoms with Gasteiger partial charge in [-0.3, -0.25) is 4.79 Å². The zero-order valence-corrected chi connectivity index (χ0v) is 10.8. The van der Waals surface area contributed by atoms with Crippen molar-refractivity contribution in [2.45, 2.75) is 6.42 Å². The van der Waals surface area contributed by atoms with Crippen LogP contribution in [0.25, 0.3) is 0 Å². The van der Waals surface area contributed by atoms with Gasteiger partial charge in [0.05, 0.1) is 17.7 Å². The summed E-state index contributed by atoms with van der Waals surface area (Å²) in [7, 11) is 0. The van der Waals surface area contributed by atoms with Gasteiger partial charge in [0.15, 0.2) is 0 Å². The number of hydrogen-bond donors (Lipinski definition) is 3. The van der Waals surface area contributed by atoms with Crippen LogP contribution in [0.2, 0.25) is 0 Å². The largest absolute Gasteiger partial charge is 0.508 e. The van der Waals surface area contributed by atoms with Crippen LogP contribution in [-0.4, -0.2) is 22.1 Å². The van der Waals surface area contributed by atoms with Crippen LogP contribution in [0, 0.1) is 5.82 Å². The number of carboxylic acids is 1. The first-order valence-corrected chi connectivity index (χ1v) is 6.07. The highest BCUT2D eigenvalue weighted by atomic mass is 19.1. The topological polar surface area (TPSA) is 86.6 Å². The fraction of sp³-hybridized carbons (Fsp3) is 0.0667. The van der Waals surface area contributed by atoms with Crippen molar-refractivity contribution in [2.75, 3.05) is 5.32 Å². The highest BCUT2D eigenvalue weighted by Gasteiger charge is 2.13. The van der Waals surface area contributed by atoms with Crippen molar-refractivity contribution >= 4 is 17.6 Å². The lowest BCUT2D eigenvalue weighted by atomic mass is 10.1. The molecule has 0 unspecified atom stereocenters. The van der Waals surface area contributed by atoms with E-state index in [-0.39, 0.29) is 29.0 Å². The zero-order valence-electron chi connectivity index (χ0n) is 10.8. The van der Waals surface area contributed by atoms with E-state index in [1.54, 1.807) is 6.07 Å². The Morgan fingerprint density at radius 2 is 1.86 bits per heavy atom. The smallest absolute Gasteiger partial charge is 0.337 e. The molecule has 2 aromatic carbocycles. The summed E-state index contributed by atoms with van der Waals surface area (Å²) in [5.74, 6) is -2.48. The average molecular weight is 289 g/mol. The van der Waals surface area contributed by atoms with Crippen LogP contribution in [-0.2, 0) is 11.2 Å². The molecule has 5 nitrogen and oxygen atoms in total. The van der Waals surface area contributed by atoms with Gasteiger partial charge in [-0.05, 0) is 30.3 Å². The number of aromatic carboxylic acids is 1. The van der Waals surface area contributed by atoms with Crippen molar-refractivity contribution in [1.29, 1.82) is 0 Å². The minimum atomic E-state index is -1.17. The molecule has 0 saturated heterocycles. The first-order chi connectivity index (χ1) is 9.97. The summed E-state index contributed by atoms with van der Waals surface area (Å²) in [4.78, 5) is 22.9. The van der Waals surface area contributed by atoms with E-state index in [1.165, 1.54) is 18.2 Å². The van der Waals surface area contributed by atoms with Crippen molar-refractivity contribution in [3.8, 4) is 5.75 Å². The van der Waals surface area contributed by atoms with Gasteiger partial charge >= 0.3 is 5.97 Å². The number of benzene rings is 2. The number of rotatable bonds is 4. The Morgan fingerprint density at radius 1 is 1.14 bits per heavy atom. The lowest BCUT2D eigenvalue weighted by Crippen LogP contribution is -2.16. The first-order valence-electron chi connectivity index (χ1n) is 6.07. The number of carbonyl (C=O) groups is 2. The normalized spacial score (nSPS) is 10.1. The molecule has 0 aliphatic carbocycles. The number of para-hydroxylation sites is 1. The third-order valence-corrected chi connectivity index (χ3v) is 2.82. The van der Waals surface area contributed by atoms with Gasteiger partial charge in [-0.15, -0.1) is 0 Å². The lowest BCUT2D eigenvalue weighted by Gasteiger charge is -2.09. The Morgan fingerprint density at radius 3 is 2.57 bits per heavy atom. The Bertz CT molecular complexity index is 700. The molecule has 3 N–H and O–H groups in total. The molecule has 1 amide bonds. The third kappa shape index (κ3) is 3.56. The molecule has 6 heteroatoms. The van der Waals surface area contributed by atoms with Gasteiger partial charge in [0, 0.05) is 5.56 Å². The van der Waals surface area contributed by atoms with E-state index in [9.17, 15) is 19.1 Å². The van der Waals surface area contributed by atoms with Gasteiger partial charge in [0.1, 0.15) is 11.6 Å². The number of aromatic hydroxyl groups is 1. The Balaban J connectivity index is 2.16. The van der Waals surface area contributed by atoms with Crippen LogP contribution in [0.15, 0.2) is 42.5 Å². The molecule has 0 aliphatic rings. The number of amides is 1. The number of halogens is 1. The van der Waals surface area contributed by atoms with Crippen molar-refractivity contribution in [3.63, 3.8) is 0 Å². The van der Waals surface area contributed by atoms with Crippen LogP contribution < -0.4 is 5.32 Å². The Hall–Kier alpha value is -2.89. The van der Waals surface area contributed by atoms with Gasteiger partial charge in [-0.1, -0.05) is 12.1 Å². The molecule has 2 aromatic rings. The minimum absolute atomic E-state index is 0.0469. The number of nitrogens with one attached hydrogen (secondary N) is 1. The second kappa shape index (κ2) is 6.04. The summed E-state index contributed by atoms with van der Waals surface area (Å²) in [6.45, 7) is 0. The maximum absolute atomic E-state index is 13.1. The summed E-state index contributed by atoms with van der Waals surface area (Å²) >= 11 is 0. The molecule has 108 valence electrons. The van der Waals surface area contributed by atoms with Crippen LogP contribution in [0.4, 0.5) is 10.1 Å². The predicted molar refractivity (Wildman–Crippen MR) is 73.8 cm³/mol. The number of phenolic OH excluding ortho intramolecular Hbond substituents is 1. The van der Waals surface area contributed by atoms with Crippen molar-refractivity contribution < 1.29 is 24.2 Å². The van der Waals surface area contributed by atoms with Crippen molar-refractivity contribution in [1.82, 2.24) is 0 Å². The third-order valence-electron chi connectivity index (χ3n) is 2.82. The van der Waals surface area contributed by atoms with Crippen LogP contribution in [0.1, 0.15) is 15.9 Å². The molecule has 0 heterocycles. The molecule has 21 heavy (non-hydrogen) atoms. The van der Waals surface area contributed by atoms with E-state index in [1.807, 2.05) is 0 Å². The maximum Gasteiger partial charge on any atom is 0.337 e. The molecule has 0 aromatic heterocycles.